The number of aryl methyl sites for hydroxylation is 2. The lowest BCUT2D eigenvalue weighted by atomic mass is 10.2. The minimum Gasteiger partial charge on any atom is -0.388 e. The smallest absolute Gasteiger partial charge is 0.292 e. The van der Waals surface area contributed by atoms with Gasteiger partial charge in [-0.1, -0.05) is 12.1 Å². The van der Waals surface area contributed by atoms with Crippen molar-refractivity contribution in [3.63, 3.8) is 0 Å². The van der Waals surface area contributed by atoms with E-state index >= 15 is 0 Å². The van der Waals surface area contributed by atoms with Gasteiger partial charge in [0.1, 0.15) is 17.5 Å². The fraction of sp³-hybridized carbons (Fsp3) is 0.118. The monoisotopic (exact) mass is 304 g/mol. The fourth-order valence-corrected chi connectivity index (χ4v) is 1.78. The Morgan fingerprint density at radius 2 is 1.22 bits per heavy atom. The molecule has 23 heavy (non-hydrogen) atoms. The molecule has 0 aliphatic rings. The molecule has 0 saturated carbocycles. The summed E-state index contributed by atoms with van der Waals surface area (Å²) < 4.78 is 9.68. The van der Waals surface area contributed by atoms with Crippen LogP contribution in [0.25, 0.3) is 0 Å². The zero-order chi connectivity index (χ0) is 16.7. The van der Waals surface area contributed by atoms with E-state index in [0.717, 1.165) is 11.1 Å². The van der Waals surface area contributed by atoms with E-state index in [1.54, 1.807) is 48.9 Å². The van der Waals surface area contributed by atoms with Crippen LogP contribution in [0.15, 0.2) is 46.4 Å². The van der Waals surface area contributed by atoms with Gasteiger partial charge in [0.05, 0.1) is 11.4 Å². The van der Waals surface area contributed by atoms with E-state index in [2.05, 4.69) is 16.0 Å². The van der Waals surface area contributed by atoms with Gasteiger partial charge in [-0.15, -0.1) is 10.5 Å². The molecule has 0 heterocycles. The van der Waals surface area contributed by atoms with E-state index < -0.39 is 0 Å². The third-order valence-corrected chi connectivity index (χ3v) is 3.01. The number of ether oxygens (including phenoxy) is 2. The lowest BCUT2D eigenvalue weighted by Crippen LogP contribution is -1.85. The van der Waals surface area contributed by atoms with Crippen LogP contribution in [0.3, 0.4) is 0 Å². The Kier molecular flexibility index (Phi) is 5.09. The molecule has 0 saturated heterocycles. The summed E-state index contributed by atoms with van der Waals surface area (Å²) in [5, 5.41) is 17.2. The molecule has 0 spiro atoms. The quantitative estimate of drug-likeness (QED) is 0.626. The van der Waals surface area contributed by atoms with Gasteiger partial charge in [-0.25, -0.2) is 0 Å². The molecule has 112 valence electrons. The molecule has 0 atom stereocenters. The molecule has 0 aliphatic heterocycles. The first-order valence-corrected chi connectivity index (χ1v) is 6.63. The van der Waals surface area contributed by atoms with Gasteiger partial charge in [0.2, 0.25) is 0 Å². The number of benzene rings is 2. The number of nitriles is 2. The highest BCUT2D eigenvalue weighted by Gasteiger charge is 2.01. The van der Waals surface area contributed by atoms with Crippen molar-refractivity contribution in [1.29, 1.82) is 10.5 Å². The van der Waals surface area contributed by atoms with E-state index in [0.29, 0.717) is 22.9 Å². The van der Waals surface area contributed by atoms with E-state index in [1.165, 1.54) is 0 Å². The summed E-state index contributed by atoms with van der Waals surface area (Å²) in [6.45, 7) is 3.66. The van der Waals surface area contributed by atoms with Gasteiger partial charge in [-0.2, -0.15) is 9.98 Å². The van der Waals surface area contributed by atoms with Gasteiger partial charge in [0.25, 0.3) is 12.5 Å². The van der Waals surface area contributed by atoms with Crippen molar-refractivity contribution >= 4 is 17.4 Å². The average Bonchev–Trinajstić information content (AvgIpc) is 2.54. The van der Waals surface area contributed by atoms with Gasteiger partial charge >= 0.3 is 0 Å². The molecule has 0 unspecified atom stereocenters. The molecule has 0 aromatic heterocycles. The summed E-state index contributed by atoms with van der Waals surface area (Å²) in [5.74, 6) is 0.881. The van der Waals surface area contributed by atoms with Crippen LogP contribution in [0.4, 0.5) is 11.4 Å². The molecular formula is C17H12N4O2. The summed E-state index contributed by atoms with van der Waals surface area (Å²) >= 11 is 0. The lowest BCUT2D eigenvalue weighted by molar-refractivity contribution is 0.503. The van der Waals surface area contributed by atoms with Gasteiger partial charge < -0.3 is 9.47 Å². The normalized spacial score (nSPS) is 9.04. The van der Waals surface area contributed by atoms with Crippen LogP contribution in [-0.2, 0) is 0 Å². The molecule has 0 fully saturated rings. The Labute approximate surface area is 133 Å². The molecule has 0 bridgehead atoms. The average molecular weight is 304 g/mol. The van der Waals surface area contributed by atoms with Crippen LogP contribution in [0.2, 0.25) is 0 Å². The third-order valence-electron chi connectivity index (χ3n) is 3.01. The molecule has 0 amide bonds. The number of aliphatic imine (C=N–C) groups is 2. The van der Waals surface area contributed by atoms with Crippen LogP contribution in [0, 0.1) is 36.9 Å². The Hall–Kier alpha value is -3.60. The van der Waals surface area contributed by atoms with Crippen LogP contribution < -0.4 is 9.47 Å². The lowest BCUT2D eigenvalue weighted by Gasteiger charge is -2.01. The summed E-state index contributed by atoms with van der Waals surface area (Å²) in [5.41, 5.74) is 2.79. The predicted molar refractivity (Wildman–Crippen MR) is 84.0 cm³/mol. The second kappa shape index (κ2) is 7.42. The van der Waals surface area contributed by atoms with Crippen LogP contribution in [0.1, 0.15) is 11.1 Å². The van der Waals surface area contributed by atoms with E-state index in [9.17, 15) is 0 Å². The Morgan fingerprint density at radius 1 is 0.783 bits per heavy atom. The van der Waals surface area contributed by atoms with E-state index in [4.69, 9.17) is 20.0 Å². The van der Waals surface area contributed by atoms with Gasteiger partial charge in [0.15, 0.2) is 0 Å². The first-order valence-electron chi connectivity index (χ1n) is 6.63. The topological polar surface area (TPSA) is 90.8 Å². The molecule has 0 N–H and O–H groups in total. The zero-order valence-corrected chi connectivity index (χ0v) is 12.6. The van der Waals surface area contributed by atoms with Crippen LogP contribution in [-0.4, -0.2) is 6.01 Å². The molecule has 6 heteroatoms. The highest BCUT2D eigenvalue weighted by Crippen LogP contribution is 2.25. The maximum absolute atomic E-state index is 8.58. The Bertz CT molecular complexity index is 800. The van der Waals surface area contributed by atoms with E-state index in [-0.39, 0.29) is 0 Å². The Balaban J connectivity index is 2.25. The van der Waals surface area contributed by atoms with Crippen molar-refractivity contribution in [3.8, 4) is 24.0 Å². The maximum atomic E-state index is 8.58. The number of nitrogens with zero attached hydrogens (tertiary/aromatic N) is 4. The molecule has 0 aliphatic carbocycles. The van der Waals surface area contributed by atoms with E-state index in [1.807, 2.05) is 13.8 Å². The summed E-state index contributed by atoms with van der Waals surface area (Å²) in [7, 11) is 0. The molecule has 2 aromatic rings. The SMILES string of the molecule is Cc1ccc(N=C=Nc2ccc(C)c(OC#N)c2)cc1OC#N. The molecule has 2 aromatic carbocycles. The van der Waals surface area contributed by atoms with Gasteiger partial charge in [-0.3, -0.25) is 0 Å². The summed E-state index contributed by atoms with van der Waals surface area (Å²) in [6, 6.07) is 12.9. The van der Waals surface area contributed by atoms with Crippen LogP contribution in [0.5, 0.6) is 11.5 Å². The van der Waals surface area contributed by atoms with Crippen molar-refractivity contribution in [2.75, 3.05) is 0 Å². The van der Waals surface area contributed by atoms with Crippen molar-refractivity contribution in [3.05, 3.63) is 47.5 Å². The number of rotatable bonds is 4. The predicted octanol–water partition coefficient (Wildman–Crippen LogP) is 4.16. The maximum Gasteiger partial charge on any atom is 0.292 e. The van der Waals surface area contributed by atoms with Crippen molar-refractivity contribution in [2.24, 2.45) is 9.98 Å². The van der Waals surface area contributed by atoms with Crippen molar-refractivity contribution in [1.82, 2.24) is 0 Å². The zero-order valence-electron chi connectivity index (χ0n) is 12.6. The van der Waals surface area contributed by atoms with Gasteiger partial charge in [0, 0.05) is 12.1 Å². The Morgan fingerprint density at radius 3 is 1.61 bits per heavy atom. The standard InChI is InChI=1S/C17H12N4O2/c1-12-3-5-14(7-16(12)22-9-18)20-11-21-15-6-4-13(2)17(8-15)23-10-19/h3-8H,1-2H3. The second-order valence-corrected chi connectivity index (χ2v) is 4.61. The largest absolute Gasteiger partial charge is 0.388 e. The van der Waals surface area contributed by atoms with Crippen molar-refractivity contribution in [2.45, 2.75) is 13.8 Å². The minimum atomic E-state index is 0.440. The van der Waals surface area contributed by atoms with Crippen molar-refractivity contribution < 1.29 is 9.47 Å². The second-order valence-electron chi connectivity index (χ2n) is 4.61. The fourth-order valence-electron chi connectivity index (χ4n) is 1.78. The minimum absolute atomic E-state index is 0.440. The number of hydrogen-bond donors (Lipinski definition) is 0. The summed E-state index contributed by atoms with van der Waals surface area (Å²) in [4.78, 5) is 8.14. The van der Waals surface area contributed by atoms with Gasteiger partial charge in [-0.05, 0) is 37.1 Å². The molecular weight excluding hydrogens is 292 g/mol. The highest BCUT2D eigenvalue weighted by atomic mass is 16.5. The summed E-state index contributed by atoms with van der Waals surface area (Å²) in [6.07, 6.45) is 3.26. The molecule has 0 radical (unpaired) electrons. The highest BCUT2D eigenvalue weighted by molar-refractivity contribution is 5.60. The molecule has 2 rings (SSSR count). The van der Waals surface area contributed by atoms with Crippen LogP contribution >= 0.6 is 0 Å². The first-order chi connectivity index (χ1) is 11.1. The molecule has 6 nitrogen and oxygen atoms in total. The first kappa shape index (κ1) is 15.8. The third kappa shape index (κ3) is 4.18. The number of hydrogen-bond acceptors (Lipinski definition) is 6.